The summed E-state index contributed by atoms with van der Waals surface area (Å²) >= 11 is 0. The van der Waals surface area contributed by atoms with Crippen LogP contribution in [0.3, 0.4) is 0 Å². The molecule has 0 bridgehead atoms. The first-order chi connectivity index (χ1) is 9.40. The second-order valence-electron chi connectivity index (χ2n) is 4.50. The van der Waals surface area contributed by atoms with Crippen LogP contribution in [0.15, 0.2) is 18.2 Å². The summed E-state index contributed by atoms with van der Waals surface area (Å²) in [5.41, 5.74) is 6.67. The van der Waals surface area contributed by atoms with Crippen LogP contribution < -0.4 is 10.6 Å². The number of aromatic carboxylic acids is 1. The number of carboxylic acid groups (broad SMARTS) is 1. The van der Waals surface area contributed by atoms with Gasteiger partial charge in [-0.1, -0.05) is 0 Å². The predicted octanol–water partition coefficient (Wildman–Crippen LogP) is 1.27. The minimum atomic E-state index is -1.06. The minimum absolute atomic E-state index is 0.0263. The molecule has 110 valence electrons. The zero-order valence-corrected chi connectivity index (χ0v) is 12.1. The summed E-state index contributed by atoms with van der Waals surface area (Å²) < 4.78 is 0. The molecule has 20 heavy (non-hydrogen) atoms. The van der Waals surface area contributed by atoms with E-state index in [4.69, 9.17) is 10.8 Å². The number of carboxylic acids is 1. The Morgan fingerprint density at radius 3 is 2.30 bits per heavy atom. The largest absolute Gasteiger partial charge is 0.478 e. The molecule has 0 aliphatic carbocycles. The van der Waals surface area contributed by atoms with Gasteiger partial charge in [0.2, 0.25) is 5.91 Å². The average Bonchev–Trinajstić information content (AvgIpc) is 2.39. The smallest absolute Gasteiger partial charge is 0.337 e. The lowest BCUT2D eigenvalue weighted by Gasteiger charge is -2.24. The van der Waals surface area contributed by atoms with Gasteiger partial charge in [-0.05, 0) is 32.0 Å². The Balaban J connectivity index is 2.83. The normalized spacial score (nSPS) is 10.2. The third kappa shape index (κ3) is 3.63. The van der Waals surface area contributed by atoms with E-state index in [0.29, 0.717) is 18.8 Å². The van der Waals surface area contributed by atoms with E-state index in [0.717, 1.165) is 0 Å². The van der Waals surface area contributed by atoms with Crippen molar-refractivity contribution in [2.24, 2.45) is 0 Å². The van der Waals surface area contributed by atoms with Crippen LogP contribution >= 0.6 is 0 Å². The summed E-state index contributed by atoms with van der Waals surface area (Å²) in [6, 6.07) is 4.67. The first-order valence-electron chi connectivity index (χ1n) is 6.52. The second kappa shape index (κ2) is 6.79. The molecule has 1 aromatic rings. The summed E-state index contributed by atoms with van der Waals surface area (Å²) in [7, 11) is 1.77. The highest BCUT2D eigenvalue weighted by atomic mass is 16.4. The van der Waals surface area contributed by atoms with Crippen molar-refractivity contribution < 1.29 is 14.7 Å². The number of carbonyl (C=O) groups is 2. The molecule has 0 spiro atoms. The quantitative estimate of drug-likeness (QED) is 0.766. The van der Waals surface area contributed by atoms with Crippen LogP contribution in [0.25, 0.3) is 0 Å². The Morgan fingerprint density at radius 2 is 1.85 bits per heavy atom. The summed E-state index contributed by atoms with van der Waals surface area (Å²) in [4.78, 5) is 26.4. The number of benzene rings is 1. The molecule has 0 radical (unpaired) electrons. The van der Waals surface area contributed by atoms with Gasteiger partial charge in [-0.2, -0.15) is 0 Å². The molecule has 3 N–H and O–H groups in total. The molecule has 1 aromatic carbocycles. The van der Waals surface area contributed by atoms with Gasteiger partial charge in [0.05, 0.1) is 12.1 Å². The molecule has 0 aliphatic rings. The third-order valence-corrected chi connectivity index (χ3v) is 3.19. The zero-order chi connectivity index (χ0) is 15.3. The maximum Gasteiger partial charge on any atom is 0.337 e. The molecule has 0 unspecified atom stereocenters. The highest BCUT2D eigenvalue weighted by Crippen LogP contribution is 2.20. The zero-order valence-electron chi connectivity index (χ0n) is 12.1. The number of hydrogen-bond acceptors (Lipinski definition) is 4. The van der Waals surface area contributed by atoms with Crippen LogP contribution in [0.2, 0.25) is 0 Å². The number of hydrogen-bond donors (Lipinski definition) is 2. The van der Waals surface area contributed by atoms with Crippen molar-refractivity contribution in [3.8, 4) is 0 Å². The number of nitrogens with zero attached hydrogens (tertiary/aromatic N) is 2. The van der Waals surface area contributed by atoms with Gasteiger partial charge in [-0.15, -0.1) is 0 Å². The topological polar surface area (TPSA) is 86.9 Å². The lowest BCUT2D eigenvalue weighted by atomic mass is 10.1. The number of anilines is 2. The van der Waals surface area contributed by atoms with Gasteiger partial charge in [0.25, 0.3) is 0 Å². The Labute approximate surface area is 118 Å². The Hall–Kier alpha value is -2.24. The van der Waals surface area contributed by atoms with Crippen molar-refractivity contribution in [1.29, 1.82) is 0 Å². The van der Waals surface area contributed by atoms with Crippen molar-refractivity contribution in [2.45, 2.75) is 13.8 Å². The van der Waals surface area contributed by atoms with E-state index >= 15 is 0 Å². The van der Waals surface area contributed by atoms with Gasteiger partial charge in [0, 0.05) is 31.5 Å². The van der Waals surface area contributed by atoms with Crippen LogP contribution in [0.5, 0.6) is 0 Å². The lowest BCUT2D eigenvalue weighted by Crippen LogP contribution is -2.38. The van der Waals surface area contributed by atoms with Gasteiger partial charge < -0.3 is 20.6 Å². The van der Waals surface area contributed by atoms with Crippen molar-refractivity contribution in [1.82, 2.24) is 4.90 Å². The third-order valence-electron chi connectivity index (χ3n) is 3.19. The summed E-state index contributed by atoms with van der Waals surface area (Å²) in [6.07, 6.45) is 0. The molecule has 0 saturated carbocycles. The highest BCUT2D eigenvalue weighted by molar-refractivity contribution is 5.94. The number of rotatable bonds is 6. The second-order valence-corrected chi connectivity index (χ2v) is 4.50. The molecule has 1 amide bonds. The Kier molecular flexibility index (Phi) is 5.37. The average molecular weight is 279 g/mol. The number of nitrogen functional groups attached to an aromatic ring is 1. The van der Waals surface area contributed by atoms with Gasteiger partial charge in [-0.25, -0.2) is 4.79 Å². The number of likely N-dealkylation sites (N-methyl/N-ethyl adjacent to an activating group) is 2. The summed E-state index contributed by atoms with van der Waals surface area (Å²) in [5.74, 6) is -1.03. The van der Waals surface area contributed by atoms with Crippen molar-refractivity contribution in [3.63, 3.8) is 0 Å². The molecular formula is C14H21N3O3. The van der Waals surface area contributed by atoms with E-state index in [9.17, 15) is 9.59 Å². The first kappa shape index (κ1) is 15.8. The van der Waals surface area contributed by atoms with E-state index in [1.54, 1.807) is 29.0 Å². The van der Waals surface area contributed by atoms with Crippen molar-refractivity contribution >= 4 is 23.3 Å². The van der Waals surface area contributed by atoms with Gasteiger partial charge in [0.15, 0.2) is 0 Å². The van der Waals surface area contributed by atoms with Crippen molar-refractivity contribution in [2.75, 3.05) is 37.3 Å². The lowest BCUT2D eigenvalue weighted by molar-refractivity contribution is -0.129. The molecule has 1 rings (SSSR count). The van der Waals surface area contributed by atoms with Crippen molar-refractivity contribution in [3.05, 3.63) is 23.8 Å². The molecule has 6 heteroatoms. The van der Waals surface area contributed by atoms with E-state index < -0.39 is 5.97 Å². The standard InChI is InChI=1S/C14H21N3O3/c1-4-17(5-2)13(18)9-16(3)10-6-7-11(14(19)20)12(15)8-10/h6-8H,4-5,9,15H2,1-3H3,(H,19,20). The maximum absolute atomic E-state index is 12.0. The summed E-state index contributed by atoms with van der Waals surface area (Å²) in [5, 5.41) is 8.92. The molecule has 0 heterocycles. The molecule has 0 saturated heterocycles. The van der Waals surface area contributed by atoms with Gasteiger partial charge in [0.1, 0.15) is 0 Å². The van der Waals surface area contributed by atoms with Gasteiger partial charge >= 0.3 is 5.97 Å². The van der Waals surface area contributed by atoms with E-state index in [2.05, 4.69) is 0 Å². The molecule has 0 atom stereocenters. The molecular weight excluding hydrogens is 258 g/mol. The van der Waals surface area contributed by atoms with Crippen LogP contribution in [-0.2, 0) is 4.79 Å². The molecule has 6 nitrogen and oxygen atoms in total. The van der Waals surface area contributed by atoms with E-state index in [-0.39, 0.29) is 23.7 Å². The SMILES string of the molecule is CCN(CC)C(=O)CN(C)c1ccc(C(=O)O)c(N)c1. The molecule has 0 aromatic heterocycles. The maximum atomic E-state index is 12.0. The highest BCUT2D eigenvalue weighted by Gasteiger charge is 2.14. The fraction of sp³-hybridized carbons (Fsp3) is 0.429. The van der Waals surface area contributed by atoms with Crippen LogP contribution in [0.1, 0.15) is 24.2 Å². The first-order valence-corrected chi connectivity index (χ1v) is 6.52. The van der Waals surface area contributed by atoms with Crippen LogP contribution in [0, 0.1) is 0 Å². The number of amides is 1. The number of carbonyl (C=O) groups excluding carboxylic acids is 1. The predicted molar refractivity (Wildman–Crippen MR) is 79.0 cm³/mol. The Morgan fingerprint density at radius 1 is 1.25 bits per heavy atom. The monoisotopic (exact) mass is 279 g/mol. The fourth-order valence-electron chi connectivity index (χ4n) is 1.95. The Bertz CT molecular complexity index is 498. The van der Waals surface area contributed by atoms with E-state index in [1.807, 2.05) is 13.8 Å². The van der Waals surface area contributed by atoms with E-state index in [1.165, 1.54) is 6.07 Å². The fourth-order valence-corrected chi connectivity index (χ4v) is 1.95. The molecule has 0 fully saturated rings. The van der Waals surface area contributed by atoms with Gasteiger partial charge in [-0.3, -0.25) is 4.79 Å². The molecule has 0 aliphatic heterocycles. The van der Waals surface area contributed by atoms with Crippen LogP contribution in [0.4, 0.5) is 11.4 Å². The number of nitrogens with two attached hydrogens (primary N) is 1. The minimum Gasteiger partial charge on any atom is -0.478 e. The summed E-state index contributed by atoms with van der Waals surface area (Å²) in [6.45, 7) is 5.43. The van der Waals surface area contributed by atoms with Crippen LogP contribution in [-0.4, -0.2) is 48.6 Å².